The minimum Gasteiger partial charge on any atom is -0.481 e. The summed E-state index contributed by atoms with van der Waals surface area (Å²) in [5.41, 5.74) is 8.89. The van der Waals surface area contributed by atoms with Gasteiger partial charge in [0.25, 0.3) is 0 Å². The molecule has 1 N–H and O–H groups in total. The first kappa shape index (κ1) is 14.8. The third-order valence-corrected chi connectivity index (χ3v) is 4.27. The van der Waals surface area contributed by atoms with E-state index in [9.17, 15) is 0 Å². The Morgan fingerprint density at radius 2 is 2.17 bits per heavy atom. The molecule has 0 heterocycles. The lowest BCUT2D eigenvalue weighted by atomic mass is 10.3. The lowest BCUT2D eigenvalue weighted by molar-refractivity contribution is 0.316. The maximum Gasteiger partial charge on any atom is 0.181 e. The molecule has 0 amide bonds. The third kappa shape index (κ3) is 5.86. The molecule has 96 valence electrons. The van der Waals surface area contributed by atoms with Crippen LogP contribution in [0.2, 0.25) is 0 Å². The fraction of sp³-hybridized carbons (Fsp3) is 0.364. The molecule has 0 saturated carbocycles. The predicted molar refractivity (Wildman–Crippen MR) is 77.5 cm³/mol. The van der Waals surface area contributed by atoms with E-state index >= 15 is 0 Å². The summed E-state index contributed by atoms with van der Waals surface area (Å²) in [4.78, 5) is 3.82. The van der Waals surface area contributed by atoms with E-state index in [1.54, 1.807) is 33.7 Å². The minimum atomic E-state index is 0.337. The maximum atomic E-state index is 8.28. The van der Waals surface area contributed by atoms with Crippen molar-refractivity contribution in [1.82, 2.24) is 0 Å². The zero-order valence-electron chi connectivity index (χ0n) is 10.00. The highest BCUT2D eigenvalue weighted by molar-refractivity contribution is 8.76. The van der Waals surface area contributed by atoms with Gasteiger partial charge in [-0.3, -0.25) is 5.41 Å². The first-order chi connectivity index (χ1) is 8.76. The van der Waals surface area contributed by atoms with Gasteiger partial charge in [-0.2, -0.15) is 0 Å². The number of ether oxygens (including phenoxy) is 1. The number of hydrogen-bond donors (Lipinski definition) is 1. The van der Waals surface area contributed by atoms with Gasteiger partial charge in [0.2, 0.25) is 0 Å². The number of nitrogens with zero attached hydrogens (tertiary/aromatic N) is 3. The van der Waals surface area contributed by atoms with Gasteiger partial charge in [-0.05, 0) is 24.6 Å². The molecule has 0 atom stereocenters. The standard InChI is InChI=1S/C11H14N4OS2/c1-2-16-11(12)7-8-17-18-10-5-3-9(4-6-10)14-15-13/h3-6,12H,2,7-8H2,1H3. The highest BCUT2D eigenvalue weighted by Gasteiger charge is 1.99. The molecule has 0 fully saturated rings. The molecule has 1 aromatic carbocycles. The van der Waals surface area contributed by atoms with Crippen LogP contribution in [0.1, 0.15) is 13.3 Å². The van der Waals surface area contributed by atoms with Gasteiger partial charge in [-0.1, -0.05) is 38.8 Å². The van der Waals surface area contributed by atoms with Gasteiger partial charge >= 0.3 is 0 Å². The first-order valence-corrected chi connectivity index (χ1v) is 7.73. The van der Waals surface area contributed by atoms with Gasteiger partial charge in [-0.15, -0.1) is 0 Å². The Labute approximate surface area is 114 Å². The summed E-state index contributed by atoms with van der Waals surface area (Å²) >= 11 is 0. The molecular formula is C11H14N4OS2. The zero-order chi connectivity index (χ0) is 13.2. The van der Waals surface area contributed by atoms with Crippen LogP contribution in [0.5, 0.6) is 0 Å². The topological polar surface area (TPSA) is 81.8 Å². The van der Waals surface area contributed by atoms with Gasteiger partial charge in [0.1, 0.15) is 0 Å². The van der Waals surface area contributed by atoms with Gasteiger partial charge in [0.05, 0.1) is 6.61 Å². The molecule has 1 rings (SSSR count). The van der Waals surface area contributed by atoms with E-state index in [2.05, 4.69) is 10.0 Å². The molecule has 0 aromatic heterocycles. The normalized spacial score (nSPS) is 9.61. The second kappa shape index (κ2) is 8.74. The number of nitrogens with one attached hydrogen (secondary N) is 1. The molecule has 0 bridgehead atoms. The SMILES string of the molecule is CCOC(=N)CCSSc1ccc(N=[N+]=[N-])cc1. The van der Waals surface area contributed by atoms with Gasteiger partial charge < -0.3 is 4.74 Å². The molecule has 1 aromatic rings. The van der Waals surface area contributed by atoms with Crippen LogP contribution in [0.15, 0.2) is 34.3 Å². The van der Waals surface area contributed by atoms with E-state index in [0.29, 0.717) is 24.6 Å². The van der Waals surface area contributed by atoms with E-state index in [4.69, 9.17) is 15.7 Å². The Morgan fingerprint density at radius 1 is 1.44 bits per heavy atom. The Bertz CT molecular complexity index is 429. The van der Waals surface area contributed by atoms with Crippen molar-refractivity contribution >= 4 is 33.2 Å². The van der Waals surface area contributed by atoms with Crippen LogP contribution in [0.4, 0.5) is 5.69 Å². The summed E-state index contributed by atoms with van der Waals surface area (Å²) in [5, 5.41) is 11.0. The Kier molecular flexibility index (Phi) is 7.17. The number of hydrogen-bond acceptors (Lipinski definition) is 5. The highest BCUT2D eigenvalue weighted by Crippen LogP contribution is 2.32. The zero-order valence-corrected chi connectivity index (χ0v) is 11.6. The van der Waals surface area contributed by atoms with E-state index in [1.807, 2.05) is 19.1 Å². The summed E-state index contributed by atoms with van der Waals surface area (Å²) in [7, 11) is 3.31. The van der Waals surface area contributed by atoms with Crippen LogP contribution in [-0.2, 0) is 4.74 Å². The molecule has 0 aliphatic rings. The maximum absolute atomic E-state index is 8.28. The van der Waals surface area contributed by atoms with Crippen molar-refractivity contribution in [3.63, 3.8) is 0 Å². The van der Waals surface area contributed by atoms with Crippen LogP contribution in [0, 0.1) is 5.41 Å². The lowest BCUT2D eigenvalue weighted by Gasteiger charge is -2.04. The third-order valence-electron chi connectivity index (χ3n) is 1.88. The predicted octanol–water partition coefficient (Wildman–Crippen LogP) is 4.77. The summed E-state index contributed by atoms with van der Waals surface area (Å²) in [6.07, 6.45) is 0.641. The molecule has 18 heavy (non-hydrogen) atoms. The van der Waals surface area contributed by atoms with Crippen LogP contribution < -0.4 is 0 Å². The molecule has 0 unspecified atom stereocenters. The summed E-state index contributed by atoms with van der Waals surface area (Å²) < 4.78 is 5.05. The molecule has 0 aliphatic carbocycles. The van der Waals surface area contributed by atoms with Crippen molar-refractivity contribution in [3.8, 4) is 0 Å². The molecule has 7 heteroatoms. The molecule has 5 nitrogen and oxygen atoms in total. The monoisotopic (exact) mass is 282 g/mol. The summed E-state index contributed by atoms with van der Waals surface area (Å²) in [5.74, 6) is 1.17. The van der Waals surface area contributed by atoms with Crippen molar-refractivity contribution < 1.29 is 4.74 Å². The number of rotatable bonds is 7. The Balaban J connectivity index is 2.27. The van der Waals surface area contributed by atoms with Gasteiger partial charge in [0, 0.05) is 27.7 Å². The Hall–Kier alpha value is -1.30. The van der Waals surface area contributed by atoms with Crippen molar-refractivity contribution in [1.29, 1.82) is 5.41 Å². The Morgan fingerprint density at radius 3 is 2.78 bits per heavy atom. The van der Waals surface area contributed by atoms with E-state index in [0.717, 1.165) is 10.6 Å². The molecular weight excluding hydrogens is 268 g/mol. The second-order valence-corrected chi connectivity index (χ2v) is 5.68. The molecule has 0 saturated heterocycles. The summed E-state index contributed by atoms with van der Waals surface area (Å²) in [6.45, 7) is 2.43. The van der Waals surface area contributed by atoms with Crippen LogP contribution in [0.25, 0.3) is 10.4 Å². The van der Waals surface area contributed by atoms with Crippen molar-refractivity contribution in [2.45, 2.75) is 18.2 Å². The molecule has 0 aliphatic heterocycles. The number of azide groups is 1. The smallest absolute Gasteiger partial charge is 0.181 e. The van der Waals surface area contributed by atoms with Crippen LogP contribution in [-0.4, -0.2) is 18.3 Å². The summed E-state index contributed by atoms with van der Waals surface area (Å²) in [6, 6.07) is 7.39. The van der Waals surface area contributed by atoms with Gasteiger partial charge in [-0.25, -0.2) is 0 Å². The van der Waals surface area contributed by atoms with E-state index in [-0.39, 0.29) is 0 Å². The van der Waals surface area contributed by atoms with Crippen LogP contribution in [0.3, 0.4) is 0 Å². The van der Waals surface area contributed by atoms with Crippen molar-refractivity contribution in [2.75, 3.05) is 12.4 Å². The first-order valence-electron chi connectivity index (χ1n) is 5.41. The van der Waals surface area contributed by atoms with E-state index < -0.39 is 0 Å². The fourth-order valence-corrected chi connectivity index (χ4v) is 3.09. The molecule has 0 spiro atoms. The number of benzene rings is 1. The van der Waals surface area contributed by atoms with E-state index in [1.165, 1.54) is 0 Å². The average Bonchev–Trinajstić information content (AvgIpc) is 2.37. The van der Waals surface area contributed by atoms with Crippen molar-refractivity contribution in [3.05, 3.63) is 34.7 Å². The second-order valence-electron chi connectivity index (χ2n) is 3.19. The van der Waals surface area contributed by atoms with Crippen LogP contribution >= 0.6 is 21.6 Å². The lowest BCUT2D eigenvalue weighted by Crippen LogP contribution is -2.03. The molecule has 0 radical (unpaired) electrons. The fourth-order valence-electron chi connectivity index (χ4n) is 1.11. The average molecular weight is 282 g/mol. The largest absolute Gasteiger partial charge is 0.481 e. The van der Waals surface area contributed by atoms with Gasteiger partial charge in [0.15, 0.2) is 5.90 Å². The van der Waals surface area contributed by atoms with Crippen molar-refractivity contribution in [2.24, 2.45) is 5.11 Å². The minimum absolute atomic E-state index is 0.337. The quantitative estimate of drug-likeness (QED) is 0.149. The highest BCUT2D eigenvalue weighted by atomic mass is 33.1.